The molecule has 3 N–H and O–H groups in total. The first-order valence-electron chi connectivity index (χ1n) is 6.90. The van der Waals surface area contributed by atoms with Crippen molar-refractivity contribution in [2.75, 3.05) is 5.32 Å². The van der Waals surface area contributed by atoms with Crippen molar-refractivity contribution in [2.45, 2.75) is 6.04 Å². The first-order chi connectivity index (χ1) is 11.5. The summed E-state index contributed by atoms with van der Waals surface area (Å²) in [6, 6.07) is 10.4. The van der Waals surface area contributed by atoms with E-state index in [2.05, 4.69) is 10.3 Å². The number of hydrogen-bond donors (Lipinski definition) is 2. The number of rotatable bonds is 5. The van der Waals surface area contributed by atoms with E-state index in [0.29, 0.717) is 16.2 Å². The zero-order chi connectivity index (χ0) is 17.3. The predicted molar refractivity (Wildman–Crippen MR) is 88.9 cm³/mol. The van der Waals surface area contributed by atoms with Crippen LogP contribution in [0.5, 0.6) is 0 Å². The van der Waals surface area contributed by atoms with Crippen molar-refractivity contribution in [3.05, 3.63) is 69.4 Å². The van der Waals surface area contributed by atoms with Crippen molar-refractivity contribution in [3.63, 3.8) is 0 Å². The summed E-state index contributed by atoms with van der Waals surface area (Å²) in [6.07, 6.45) is 1.52. The largest absolute Gasteiger partial charge is 0.372 e. The van der Waals surface area contributed by atoms with E-state index < -0.39 is 16.9 Å². The Morgan fingerprint density at radius 1 is 1.29 bits per heavy atom. The molecule has 0 spiro atoms. The van der Waals surface area contributed by atoms with Crippen LogP contribution < -0.4 is 11.1 Å². The predicted octanol–water partition coefficient (Wildman–Crippen LogP) is 2.53. The molecule has 0 aliphatic rings. The molecular weight excluding hydrogens is 334 g/mol. The standard InChI is InChI=1S/C15H12ClN5O3/c16-10-6-4-9(5-7-10)12(13(17)22)19-14-15(21(23)24)20-8-2-1-3-11(20)18-14/h1-8,12,19H,(H2,17,22). The Labute approximate surface area is 141 Å². The topological polar surface area (TPSA) is 116 Å². The average molecular weight is 346 g/mol. The molecule has 0 bridgehead atoms. The number of nitrogens with two attached hydrogens (primary N) is 1. The summed E-state index contributed by atoms with van der Waals surface area (Å²) in [4.78, 5) is 26.8. The molecule has 2 aromatic heterocycles. The van der Waals surface area contributed by atoms with Gasteiger partial charge in [-0.3, -0.25) is 4.79 Å². The van der Waals surface area contributed by atoms with E-state index in [4.69, 9.17) is 17.3 Å². The Morgan fingerprint density at radius 2 is 2.00 bits per heavy atom. The Hall–Kier alpha value is -3.13. The first kappa shape index (κ1) is 15.8. The first-order valence-corrected chi connectivity index (χ1v) is 7.28. The third-order valence-corrected chi connectivity index (χ3v) is 3.70. The number of anilines is 1. The lowest BCUT2D eigenvalue weighted by molar-refractivity contribution is -0.389. The number of hydrogen-bond acceptors (Lipinski definition) is 5. The van der Waals surface area contributed by atoms with E-state index >= 15 is 0 Å². The van der Waals surface area contributed by atoms with Crippen molar-refractivity contribution in [1.82, 2.24) is 9.38 Å². The van der Waals surface area contributed by atoms with Gasteiger partial charge >= 0.3 is 5.82 Å². The number of pyridine rings is 1. The maximum atomic E-state index is 11.8. The molecular formula is C15H12ClN5O3. The fourth-order valence-corrected chi connectivity index (χ4v) is 2.49. The van der Waals surface area contributed by atoms with Gasteiger partial charge in [0, 0.05) is 11.1 Å². The average Bonchev–Trinajstić information content (AvgIpc) is 2.91. The van der Waals surface area contributed by atoms with Crippen LogP contribution >= 0.6 is 11.6 Å². The number of nitrogens with one attached hydrogen (secondary N) is 1. The highest BCUT2D eigenvalue weighted by Crippen LogP contribution is 2.29. The van der Waals surface area contributed by atoms with E-state index in [1.807, 2.05) is 0 Å². The molecule has 8 nitrogen and oxygen atoms in total. The second kappa shape index (κ2) is 6.17. The molecule has 3 rings (SSSR count). The fourth-order valence-electron chi connectivity index (χ4n) is 2.36. The maximum Gasteiger partial charge on any atom is 0.372 e. The smallest absolute Gasteiger partial charge is 0.368 e. The zero-order valence-corrected chi connectivity index (χ0v) is 13.0. The highest BCUT2D eigenvalue weighted by Gasteiger charge is 2.27. The number of primary amides is 1. The molecule has 9 heteroatoms. The number of nitrogens with zero attached hydrogens (tertiary/aromatic N) is 3. The molecule has 1 atom stereocenters. The number of carbonyl (C=O) groups is 1. The van der Waals surface area contributed by atoms with Gasteiger partial charge in [0.25, 0.3) is 0 Å². The van der Waals surface area contributed by atoms with Crippen LogP contribution in [-0.2, 0) is 4.79 Å². The number of amides is 1. The molecule has 0 saturated heterocycles. The summed E-state index contributed by atoms with van der Waals surface area (Å²) in [5.74, 6) is -1.00. The zero-order valence-electron chi connectivity index (χ0n) is 12.2. The van der Waals surface area contributed by atoms with Gasteiger partial charge in [0.15, 0.2) is 0 Å². The number of aromatic nitrogens is 2. The highest BCUT2D eigenvalue weighted by molar-refractivity contribution is 6.30. The molecule has 0 saturated carbocycles. The van der Waals surface area contributed by atoms with Gasteiger partial charge < -0.3 is 21.2 Å². The number of benzene rings is 1. The maximum absolute atomic E-state index is 11.8. The lowest BCUT2D eigenvalue weighted by Crippen LogP contribution is -2.28. The highest BCUT2D eigenvalue weighted by atomic mass is 35.5. The molecule has 122 valence electrons. The molecule has 1 aromatic carbocycles. The normalized spacial score (nSPS) is 12.0. The molecule has 24 heavy (non-hydrogen) atoms. The summed E-state index contributed by atoms with van der Waals surface area (Å²) in [5.41, 5.74) is 6.34. The molecule has 0 aliphatic heterocycles. The SMILES string of the molecule is NC(=O)C(Nc1nc2ccccn2c1[N+](=O)[O-])c1ccc(Cl)cc1. The minimum Gasteiger partial charge on any atom is -0.368 e. The summed E-state index contributed by atoms with van der Waals surface area (Å²) in [7, 11) is 0. The number of nitro groups is 1. The second-order valence-electron chi connectivity index (χ2n) is 5.00. The Balaban J connectivity index is 2.06. The second-order valence-corrected chi connectivity index (χ2v) is 5.44. The lowest BCUT2D eigenvalue weighted by Gasteiger charge is -2.15. The molecule has 0 radical (unpaired) electrons. The summed E-state index contributed by atoms with van der Waals surface area (Å²) in [5, 5.41) is 14.7. The number of carbonyl (C=O) groups excluding carboxylic acids is 1. The molecule has 3 aromatic rings. The van der Waals surface area contributed by atoms with Crippen molar-refractivity contribution in [1.29, 1.82) is 0 Å². The number of halogens is 1. The van der Waals surface area contributed by atoms with Gasteiger partial charge in [-0.05, 0) is 28.7 Å². The Bertz CT molecular complexity index is 923. The van der Waals surface area contributed by atoms with Crippen LogP contribution in [0, 0.1) is 10.1 Å². The van der Waals surface area contributed by atoms with Crippen LogP contribution in [0.25, 0.3) is 5.65 Å². The minimum absolute atomic E-state index is 0.0371. The van der Waals surface area contributed by atoms with Crippen molar-refractivity contribution in [3.8, 4) is 0 Å². The quantitative estimate of drug-likeness (QED) is 0.544. The molecule has 0 aliphatic carbocycles. The van der Waals surface area contributed by atoms with E-state index in [-0.39, 0.29) is 11.6 Å². The molecule has 1 unspecified atom stereocenters. The van der Waals surface area contributed by atoms with Crippen LogP contribution in [0.4, 0.5) is 11.6 Å². The molecule has 0 fully saturated rings. The summed E-state index contributed by atoms with van der Waals surface area (Å²) >= 11 is 5.83. The lowest BCUT2D eigenvalue weighted by atomic mass is 10.1. The van der Waals surface area contributed by atoms with Gasteiger partial charge in [0.05, 0.1) is 6.20 Å². The van der Waals surface area contributed by atoms with Gasteiger partial charge in [-0.15, -0.1) is 0 Å². The van der Waals surface area contributed by atoms with E-state index in [9.17, 15) is 14.9 Å². The van der Waals surface area contributed by atoms with Crippen molar-refractivity contribution in [2.24, 2.45) is 5.73 Å². The Morgan fingerprint density at radius 3 is 2.62 bits per heavy atom. The van der Waals surface area contributed by atoms with E-state index in [1.54, 1.807) is 42.5 Å². The van der Waals surface area contributed by atoms with Crippen LogP contribution in [0.15, 0.2) is 48.7 Å². The van der Waals surface area contributed by atoms with Crippen LogP contribution in [0.3, 0.4) is 0 Å². The van der Waals surface area contributed by atoms with Crippen LogP contribution in [0.2, 0.25) is 5.02 Å². The van der Waals surface area contributed by atoms with E-state index in [0.717, 1.165) is 0 Å². The summed E-state index contributed by atoms with van der Waals surface area (Å²) < 4.78 is 1.32. The Kier molecular flexibility index (Phi) is 4.05. The molecule has 1 amide bonds. The third kappa shape index (κ3) is 2.86. The van der Waals surface area contributed by atoms with E-state index in [1.165, 1.54) is 10.6 Å². The summed E-state index contributed by atoms with van der Waals surface area (Å²) in [6.45, 7) is 0. The van der Waals surface area contributed by atoms with Crippen LogP contribution in [-0.4, -0.2) is 20.2 Å². The van der Waals surface area contributed by atoms with Crippen molar-refractivity contribution < 1.29 is 9.72 Å². The van der Waals surface area contributed by atoms with Gasteiger partial charge in [0.2, 0.25) is 17.4 Å². The van der Waals surface area contributed by atoms with Gasteiger partial charge in [-0.25, -0.2) is 0 Å². The van der Waals surface area contributed by atoms with Gasteiger partial charge in [0.1, 0.15) is 6.04 Å². The minimum atomic E-state index is -0.981. The van der Waals surface area contributed by atoms with Crippen LogP contribution in [0.1, 0.15) is 11.6 Å². The fraction of sp³-hybridized carbons (Fsp3) is 0.0667. The number of fused-ring (bicyclic) bond motifs is 1. The van der Waals surface area contributed by atoms with Gasteiger partial charge in [-0.2, -0.15) is 9.38 Å². The van der Waals surface area contributed by atoms with Gasteiger partial charge in [-0.1, -0.05) is 29.8 Å². The number of imidazole rings is 1. The monoisotopic (exact) mass is 345 g/mol. The van der Waals surface area contributed by atoms with Crippen molar-refractivity contribution >= 4 is 34.8 Å². The third-order valence-electron chi connectivity index (χ3n) is 3.45. The molecule has 2 heterocycles.